The van der Waals surface area contributed by atoms with Gasteiger partial charge in [0.15, 0.2) is 0 Å². The Morgan fingerprint density at radius 2 is 2.14 bits per heavy atom. The van der Waals surface area contributed by atoms with Crippen molar-refractivity contribution in [2.45, 2.75) is 25.3 Å². The van der Waals surface area contributed by atoms with Gasteiger partial charge in [0, 0.05) is 36.1 Å². The molecule has 1 aliphatic heterocycles. The molecule has 0 spiro atoms. The molecule has 0 bridgehead atoms. The Balaban J connectivity index is 1.99. The number of nitro groups is 1. The first-order chi connectivity index (χ1) is 10.7. The minimum Gasteiger partial charge on any atom is -0.373 e. The highest BCUT2D eigenvalue weighted by molar-refractivity contribution is 6.00. The molecule has 7 nitrogen and oxygen atoms in total. The molecule has 0 radical (unpaired) electrons. The monoisotopic (exact) mass is 300 g/mol. The third-order valence-corrected chi connectivity index (χ3v) is 3.86. The predicted octanol–water partition coefficient (Wildman–Crippen LogP) is 2.22. The molecule has 2 aromatic rings. The molecule has 1 saturated heterocycles. The van der Waals surface area contributed by atoms with E-state index in [2.05, 4.69) is 15.6 Å². The van der Waals surface area contributed by atoms with Crippen LogP contribution >= 0.6 is 0 Å². The molecule has 0 unspecified atom stereocenters. The number of nitrogens with zero attached hydrogens (tertiary/aromatic N) is 2. The Bertz CT molecular complexity index is 732. The van der Waals surface area contributed by atoms with E-state index in [9.17, 15) is 14.9 Å². The summed E-state index contributed by atoms with van der Waals surface area (Å²) in [7, 11) is 0. The number of fused-ring (bicyclic) bond motifs is 1. The number of carbonyl (C=O) groups excluding carboxylic acids is 1. The molecule has 2 heterocycles. The summed E-state index contributed by atoms with van der Waals surface area (Å²) in [6, 6.07) is 4.50. The molecule has 22 heavy (non-hydrogen) atoms. The molecular formula is C15H16N4O3. The van der Waals surface area contributed by atoms with Crippen LogP contribution in [0, 0.1) is 10.1 Å². The maximum Gasteiger partial charge on any atom is 0.278 e. The summed E-state index contributed by atoms with van der Waals surface area (Å²) >= 11 is 0. The fourth-order valence-corrected chi connectivity index (χ4v) is 2.73. The second-order valence-electron chi connectivity index (χ2n) is 5.29. The SMILES string of the molecule is O=C1NCCCC[C@@H]1Nc1ccc([N+](=O)[O-])c2cnccc12. The highest BCUT2D eigenvalue weighted by Gasteiger charge is 2.22. The van der Waals surface area contributed by atoms with Gasteiger partial charge in [-0.2, -0.15) is 0 Å². The fraction of sp³-hybridized carbons (Fsp3) is 0.333. The number of anilines is 1. The van der Waals surface area contributed by atoms with Crippen molar-refractivity contribution in [1.29, 1.82) is 0 Å². The predicted molar refractivity (Wildman–Crippen MR) is 82.7 cm³/mol. The van der Waals surface area contributed by atoms with Crippen molar-refractivity contribution in [3.05, 3.63) is 40.7 Å². The molecule has 3 rings (SSSR count). The van der Waals surface area contributed by atoms with Gasteiger partial charge >= 0.3 is 0 Å². The van der Waals surface area contributed by atoms with Crippen LogP contribution in [0.1, 0.15) is 19.3 Å². The fourth-order valence-electron chi connectivity index (χ4n) is 2.73. The number of non-ortho nitro benzene ring substituents is 1. The lowest BCUT2D eigenvalue weighted by molar-refractivity contribution is -0.383. The Hall–Kier alpha value is -2.70. The molecule has 0 aliphatic carbocycles. The molecule has 1 fully saturated rings. The first-order valence-corrected chi connectivity index (χ1v) is 7.22. The summed E-state index contributed by atoms with van der Waals surface area (Å²) in [6.07, 6.45) is 5.74. The van der Waals surface area contributed by atoms with E-state index in [1.807, 2.05) is 0 Å². The third-order valence-electron chi connectivity index (χ3n) is 3.86. The number of rotatable bonds is 3. The van der Waals surface area contributed by atoms with E-state index in [1.165, 1.54) is 12.3 Å². The molecule has 1 atom stereocenters. The van der Waals surface area contributed by atoms with E-state index >= 15 is 0 Å². The summed E-state index contributed by atoms with van der Waals surface area (Å²) in [5.41, 5.74) is 0.726. The Kier molecular flexibility index (Phi) is 3.86. The molecule has 1 aromatic heterocycles. The van der Waals surface area contributed by atoms with E-state index in [0.717, 1.165) is 19.3 Å². The highest BCUT2D eigenvalue weighted by Crippen LogP contribution is 2.31. The largest absolute Gasteiger partial charge is 0.373 e. The van der Waals surface area contributed by atoms with E-state index in [1.54, 1.807) is 18.3 Å². The Morgan fingerprint density at radius 1 is 1.27 bits per heavy atom. The number of hydrogen-bond donors (Lipinski definition) is 2. The molecule has 1 amide bonds. The van der Waals surface area contributed by atoms with Gasteiger partial charge in [-0.05, 0) is 31.4 Å². The number of benzene rings is 1. The van der Waals surface area contributed by atoms with Gasteiger partial charge < -0.3 is 10.6 Å². The molecule has 0 saturated carbocycles. The molecule has 2 N–H and O–H groups in total. The van der Waals surface area contributed by atoms with Crippen molar-refractivity contribution in [2.24, 2.45) is 0 Å². The van der Waals surface area contributed by atoms with Crippen molar-refractivity contribution >= 4 is 28.1 Å². The standard InChI is InChI=1S/C15H16N4O3/c20-15-13(3-1-2-7-17-15)18-12-4-5-14(19(21)22)11-9-16-8-6-10(11)12/h4-6,8-9,13,18H,1-3,7H2,(H,17,20)/t13-/m0/s1. The van der Waals surface area contributed by atoms with Crippen LogP contribution < -0.4 is 10.6 Å². The number of hydrogen-bond acceptors (Lipinski definition) is 5. The average molecular weight is 300 g/mol. The number of carbonyl (C=O) groups is 1. The van der Waals surface area contributed by atoms with Gasteiger partial charge in [-0.1, -0.05) is 0 Å². The maximum absolute atomic E-state index is 12.0. The normalized spacial score (nSPS) is 18.5. The van der Waals surface area contributed by atoms with Crippen LogP contribution in [-0.2, 0) is 4.79 Å². The first kappa shape index (κ1) is 14.2. The Labute approximate surface area is 126 Å². The van der Waals surface area contributed by atoms with Crippen molar-refractivity contribution < 1.29 is 9.72 Å². The number of amides is 1. The zero-order valence-electron chi connectivity index (χ0n) is 11.9. The lowest BCUT2D eigenvalue weighted by Gasteiger charge is -2.18. The number of nitro benzene ring substituents is 1. The molecule has 1 aliphatic rings. The van der Waals surface area contributed by atoms with Crippen molar-refractivity contribution in [1.82, 2.24) is 10.3 Å². The summed E-state index contributed by atoms with van der Waals surface area (Å²) < 4.78 is 0. The summed E-state index contributed by atoms with van der Waals surface area (Å²) in [5, 5.41) is 18.4. The second-order valence-corrected chi connectivity index (χ2v) is 5.29. The summed E-state index contributed by atoms with van der Waals surface area (Å²) in [6.45, 7) is 0.696. The van der Waals surface area contributed by atoms with Crippen LogP contribution in [0.5, 0.6) is 0 Å². The van der Waals surface area contributed by atoms with Gasteiger partial charge in [-0.15, -0.1) is 0 Å². The number of nitrogens with one attached hydrogen (secondary N) is 2. The lowest BCUT2D eigenvalue weighted by atomic mass is 10.1. The smallest absolute Gasteiger partial charge is 0.278 e. The van der Waals surface area contributed by atoms with Crippen LogP contribution in [0.15, 0.2) is 30.6 Å². The van der Waals surface area contributed by atoms with Crippen LogP contribution in [0.4, 0.5) is 11.4 Å². The third kappa shape index (κ3) is 2.69. The highest BCUT2D eigenvalue weighted by atomic mass is 16.6. The van der Waals surface area contributed by atoms with E-state index in [0.29, 0.717) is 23.0 Å². The van der Waals surface area contributed by atoms with Crippen LogP contribution in [0.3, 0.4) is 0 Å². The van der Waals surface area contributed by atoms with Gasteiger partial charge in [0.05, 0.1) is 10.3 Å². The number of aromatic nitrogens is 1. The minimum absolute atomic E-state index is 0.0129. The lowest BCUT2D eigenvalue weighted by Crippen LogP contribution is -2.37. The van der Waals surface area contributed by atoms with Crippen molar-refractivity contribution in [3.8, 4) is 0 Å². The number of pyridine rings is 1. The summed E-state index contributed by atoms with van der Waals surface area (Å²) in [4.78, 5) is 26.7. The topological polar surface area (TPSA) is 97.2 Å². The van der Waals surface area contributed by atoms with E-state index in [-0.39, 0.29) is 17.6 Å². The van der Waals surface area contributed by atoms with Gasteiger partial charge in [0.2, 0.25) is 5.91 Å². The van der Waals surface area contributed by atoms with Crippen LogP contribution in [0.2, 0.25) is 0 Å². The quantitative estimate of drug-likeness (QED) is 0.669. The molecule has 1 aromatic carbocycles. The average Bonchev–Trinajstić information content (AvgIpc) is 2.72. The van der Waals surface area contributed by atoms with Crippen LogP contribution in [-0.4, -0.2) is 28.4 Å². The first-order valence-electron chi connectivity index (χ1n) is 7.22. The minimum atomic E-state index is -0.424. The van der Waals surface area contributed by atoms with Gasteiger partial charge in [-0.25, -0.2) is 0 Å². The van der Waals surface area contributed by atoms with E-state index in [4.69, 9.17) is 0 Å². The molecular weight excluding hydrogens is 284 g/mol. The molecule has 7 heteroatoms. The second kappa shape index (κ2) is 5.97. The summed E-state index contributed by atoms with van der Waals surface area (Å²) in [5.74, 6) is -0.0296. The van der Waals surface area contributed by atoms with Crippen molar-refractivity contribution in [3.63, 3.8) is 0 Å². The van der Waals surface area contributed by atoms with Crippen molar-refractivity contribution in [2.75, 3.05) is 11.9 Å². The Morgan fingerprint density at radius 3 is 2.95 bits per heavy atom. The zero-order valence-corrected chi connectivity index (χ0v) is 11.9. The van der Waals surface area contributed by atoms with E-state index < -0.39 is 4.92 Å². The zero-order chi connectivity index (χ0) is 15.5. The molecule has 114 valence electrons. The van der Waals surface area contributed by atoms with Gasteiger partial charge in [-0.3, -0.25) is 19.9 Å². The maximum atomic E-state index is 12.0. The van der Waals surface area contributed by atoms with Gasteiger partial charge in [0.1, 0.15) is 6.04 Å². The van der Waals surface area contributed by atoms with Crippen LogP contribution in [0.25, 0.3) is 10.8 Å². The van der Waals surface area contributed by atoms with Gasteiger partial charge in [0.25, 0.3) is 5.69 Å².